The lowest BCUT2D eigenvalue weighted by molar-refractivity contribution is 0.102. The van der Waals surface area contributed by atoms with E-state index in [4.69, 9.17) is 4.74 Å². The van der Waals surface area contributed by atoms with Crippen molar-refractivity contribution in [3.63, 3.8) is 0 Å². The Bertz CT molecular complexity index is 688. The zero-order chi connectivity index (χ0) is 15.4. The van der Waals surface area contributed by atoms with E-state index in [1.54, 1.807) is 0 Å². The second kappa shape index (κ2) is 7.99. The highest BCUT2D eigenvalue weighted by molar-refractivity contribution is 6.04. The molecule has 4 nitrogen and oxygen atoms in total. The Hall–Kier alpha value is -2.04. The van der Waals surface area contributed by atoms with Crippen LogP contribution in [0.15, 0.2) is 42.5 Å². The molecule has 3 rings (SSSR count). The molecule has 1 amide bonds. The van der Waals surface area contributed by atoms with Crippen LogP contribution in [0, 0.1) is 0 Å². The van der Waals surface area contributed by atoms with Gasteiger partial charge in [0, 0.05) is 30.4 Å². The van der Waals surface area contributed by atoms with Gasteiger partial charge in [-0.15, -0.1) is 12.4 Å². The first-order valence-electron chi connectivity index (χ1n) is 7.63. The number of ether oxygens (including phenoxy) is 1. The molecule has 0 spiro atoms. The highest BCUT2D eigenvalue weighted by Crippen LogP contribution is 2.20. The lowest BCUT2D eigenvalue weighted by Crippen LogP contribution is -2.12. The summed E-state index contributed by atoms with van der Waals surface area (Å²) in [5.74, 6) is 0.681. The predicted octanol–water partition coefficient (Wildman–Crippen LogP) is 3.75. The number of amides is 1. The molecule has 2 aromatic carbocycles. The summed E-state index contributed by atoms with van der Waals surface area (Å²) in [6.45, 7) is 4.45. The number of nitrogens with one attached hydrogen (secondary N) is 2. The SMILES string of the molecule is CCCOc1cccc(NC(=O)c2ccc3c(c2)CNC3)c1.Cl. The predicted molar refractivity (Wildman–Crippen MR) is 94.4 cm³/mol. The van der Waals surface area contributed by atoms with E-state index in [1.807, 2.05) is 42.5 Å². The number of rotatable bonds is 5. The van der Waals surface area contributed by atoms with Gasteiger partial charge < -0.3 is 15.4 Å². The number of carbonyl (C=O) groups excluding carboxylic acids is 1. The second-order valence-corrected chi connectivity index (χ2v) is 5.42. The maximum Gasteiger partial charge on any atom is 0.255 e. The van der Waals surface area contributed by atoms with Crippen LogP contribution in [0.2, 0.25) is 0 Å². The minimum absolute atomic E-state index is 0. The van der Waals surface area contributed by atoms with E-state index < -0.39 is 0 Å². The molecule has 5 heteroatoms. The van der Waals surface area contributed by atoms with Gasteiger partial charge in [-0.05, 0) is 41.8 Å². The fourth-order valence-electron chi connectivity index (χ4n) is 2.52. The average molecular weight is 333 g/mol. The topological polar surface area (TPSA) is 50.4 Å². The van der Waals surface area contributed by atoms with Crippen molar-refractivity contribution < 1.29 is 9.53 Å². The van der Waals surface area contributed by atoms with Gasteiger partial charge in [0.2, 0.25) is 0 Å². The van der Waals surface area contributed by atoms with Gasteiger partial charge in [-0.25, -0.2) is 0 Å². The molecule has 0 saturated carbocycles. The Morgan fingerprint density at radius 1 is 1.17 bits per heavy atom. The molecular formula is C18H21ClN2O2. The molecule has 1 aliphatic heterocycles. The van der Waals surface area contributed by atoms with E-state index in [-0.39, 0.29) is 18.3 Å². The molecule has 1 heterocycles. The average Bonchev–Trinajstić information content (AvgIpc) is 3.00. The third-order valence-electron chi connectivity index (χ3n) is 3.66. The van der Waals surface area contributed by atoms with Crippen molar-refractivity contribution in [3.05, 3.63) is 59.2 Å². The fraction of sp³-hybridized carbons (Fsp3) is 0.278. The van der Waals surface area contributed by atoms with Crippen LogP contribution in [0.3, 0.4) is 0 Å². The van der Waals surface area contributed by atoms with Gasteiger partial charge in [-0.3, -0.25) is 4.79 Å². The van der Waals surface area contributed by atoms with Crippen LogP contribution in [-0.4, -0.2) is 12.5 Å². The molecule has 23 heavy (non-hydrogen) atoms. The number of halogens is 1. The van der Waals surface area contributed by atoms with E-state index in [2.05, 4.69) is 17.6 Å². The van der Waals surface area contributed by atoms with Gasteiger partial charge in [0.15, 0.2) is 0 Å². The van der Waals surface area contributed by atoms with Gasteiger partial charge in [0.1, 0.15) is 5.75 Å². The molecule has 0 bridgehead atoms. The molecule has 0 atom stereocenters. The molecule has 1 aliphatic rings. The quantitative estimate of drug-likeness (QED) is 0.876. The van der Waals surface area contributed by atoms with E-state index in [0.717, 1.165) is 30.9 Å². The summed E-state index contributed by atoms with van der Waals surface area (Å²) >= 11 is 0. The molecule has 0 aliphatic carbocycles. The summed E-state index contributed by atoms with van der Waals surface area (Å²) in [4.78, 5) is 12.4. The van der Waals surface area contributed by atoms with Gasteiger partial charge in [0.05, 0.1) is 6.61 Å². The van der Waals surface area contributed by atoms with Crippen molar-refractivity contribution in [2.24, 2.45) is 0 Å². The van der Waals surface area contributed by atoms with Crippen LogP contribution in [0.5, 0.6) is 5.75 Å². The highest BCUT2D eigenvalue weighted by atomic mass is 35.5. The van der Waals surface area contributed by atoms with Crippen molar-refractivity contribution in [1.29, 1.82) is 0 Å². The summed E-state index contributed by atoms with van der Waals surface area (Å²) < 4.78 is 5.58. The molecule has 2 N–H and O–H groups in total. The van der Waals surface area contributed by atoms with Crippen molar-refractivity contribution in [2.75, 3.05) is 11.9 Å². The summed E-state index contributed by atoms with van der Waals surface area (Å²) in [5, 5.41) is 6.21. The standard InChI is InChI=1S/C18H20N2O2.ClH/c1-2-8-22-17-5-3-4-16(10-17)20-18(21)13-6-7-14-11-19-12-15(14)9-13;/h3-7,9-10,19H,2,8,11-12H2,1H3,(H,20,21);1H. The van der Waals surface area contributed by atoms with Crippen LogP contribution in [0.25, 0.3) is 0 Å². The molecule has 0 radical (unpaired) electrons. The van der Waals surface area contributed by atoms with Gasteiger partial charge in [0.25, 0.3) is 5.91 Å². The van der Waals surface area contributed by atoms with Gasteiger partial charge >= 0.3 is 0 Å². The third kappa shape index (κ3) is 4.24. The number of fused-ring (bicyclic) bond motifs is 1. The third-order valence-corrected chi connectivity index (χ3v) is 3.66. The number of hydrogen-bond acceptors (Lipinski definition) is 3. The Morgan fingerprint density at radius 3 is 2.83 bits per heavy atom. The summed E-state index contributed by atoms with van der Waals surface area (Å²) in [7, 11) is 0. The van der Waals surface area contributed by atoms with Crippen molar-refractivity contribution in [3.8, 4) is 5.75 Å². The largest absolute Gasteiger partial charge is 0.494 e. The van der Waals surface area contributed by atoms with Crippen LogP contribution in [-0.2, 0) is 13.1 Å². The molecule has 0 aromatic heterocycles. The Balaban J connectivity index is 0.00000192. The van der Waals surface area contributed by atoms with Crippen LogP contribution < -0.4 is 15.4 Å². The molecule has 0 unspecified atom stereocenters. The first kappa shape index (κ1) is 17.3. The molecule has 0 saturated heterocycles. The Labute approximate surface area is 142 Å². The van der Waals surface area contributed by atoms with Crippen LogP contribution in [0.4, 0.5) is 5.69 Å². The summed E-state index contributed by atoms with van der Waals surface area (Å²) in [6, 6.07) is 13.3. The fourth-order valence-corrected chi connectivity index (χ4v) is 2.52. The van der Waals surface area contributed by atoms with Gasteiger partial charge in [-0.1, -0.05) is 19.1 Å². The lowest BCUT2D eigenvalue weighted by atomic mass is 10.1. The van der Waals surface area contributed by atoms with E-state index in [9.17, 15) is 4.79 Å². The first-order chi connectivity index (χ1) is 10.8. The minimum atomic E-state index is -0.0951. The highest BCUT2D eigenvalue weighted by Gasteiger charge is 2.13. The summed E-state index contributed by atoms with van der Waals surface area (Å²) in [5.41, 5.74) is 3.90. The van der Waals surface area contributed by atoms with E-state index in [0.29, 0.717) is 12.2 Å². The maximum absolute atomic E-state index is 12.4. The zero-order valence-corrected chi connectivity index (χ0v) is 13.9. The molecule has 2 aromatic rings. The second-order valence-electron chi connectivity index (χ2n) is 5.42. The molecule has 122 valence electrons. The molecular weight excluding hydrogens is 312 g/mol. The summed E-state index contributed by atoms with van der Waals surface area (Å²) in [6.07, 6.45) is 0.958. The van der Waals surface area contributed by atoms with Crippen LogP contribution in [0.1, 0.15) is 34.8 Å². The zero-order valence-electron chi connectivity index (χ0n) is 13.1. The van der Waals surface area contributed by atoms with Gasteiger partial charge in [-0.2, -0.15) is 0 Å². The van der Waals surface area contributed by atoms with E-state index >= 15 is 0 Å². The number of benzene rings is 2. The first-order valence-corrected chi connectivity index (χ1v) is 7.63. The monoisotopic (exact) mass is 332 g/mol. The normalized spacial score (nSPS) is 12.2. The maximum atomic E-state index is 12.4. The van der Waals surface area contributed by atoms with Crippen LogP contribution >= 0.6 is 12.4 Å². The van der Waals surface area contributed by atoms with Crippen molar-refractivity contribution >= 4 is 24.0 Å². The Kier molecular flexibility index (Phi) is 6.02. The van der Waals surface area contributed by atoms with E-state index in [1.165, 1.54) is 11.1 Å². The Morgan fingerprint density at radius 2 is 2.00 bits per heavy atom. The van der Waals surface area contributed by atoms with Crippen molar-refractivity contribution in [2.45, 2.75) is 26.4 Å². The minimum Gasteiger partial charge on any atom is -0.494 e. The van der Waals surface area contributed by atoms with Crippen molar-refractivity contribution in [1.82, 2.24) is 5.32 Å². The smallest absolute Gasteiger partial charge is 0.255 e. The number of anilines is 1. The lowest BCUT2D eigenvalue weighted by Gasteiger charge is -2.09. The number of hydrogen-bond donors (Lipinski definition) is 2. The molecule has 0 fully saturated rings. The number of carbonyl (C=O) groups is 1.